The zero-order chi connectivity index (χ0) is 13.2. The zero-order valence-corrected chi connectivity index (χ0v) is 12.8. The molecule has 3 rings (SSSR count). The molecular formula is C15H20ClNOS. The average molecular weight is 298 g/mol. The van der Waals surface area contributed by atoms with Crippen LogP contribution in [0.2, 0.25) is 5.02 Å². The highest BCUT2D eigenvalue weighted by atomic mass is 35.5. The predicted octanol–water partition coefficient (Wildman–Crippen LogP) is 3.89. The van der Waals surface area contributed by atoms with E-state index in [1.807, 2.05) is 17.8 Å². The standard InChI is InChI=1S/C15H20ClNOS/c1-18-9-14(10-2-3-10)17-13-6-7-19-15-5-4-11(16)8-12(13)15/h4-5,8,10,13-14,17H,2-3,6-7,9H2,1H3. The van der Waals surface area contributed by atoms with E-state index in [-0.39, 0.29) is 0 Å². The van der Waals surface area contributed by atoms with Crippen molar-refractivity contribution in [3.8, 4) is 0 Å². The zero-order valence-electron chi connectivity index (χ0n) is 11.2. The molecule has 1 aliphatic carbocycles. The molecule has 1 saturated carbocycles. The summed E-state index contributed by atoms with van der Waals surface area (Å²) < 4.78 is 5.36. The van der Waals surface area contributed by atoms with E-state index in [0.29, 0.717) is 12.1 Å². The van der Waals surface area contributed by atoms with E-state index in [4.69, 9.17) is 16.3 Å². The molecule has 2 atom stereocenters. The van der Waals surface area contributed by atoms with Gasteiger partial charge in [-0.05, 0) is 54.7 Å². The van der Waals surface area contributed by atoms with Crippen molar-refractivity contribution in [1.82, 2.24) is 5.32 Å². The van der Waals surface area contributed by atoms with Crippen molar-refractivity contribution in [3.05, 3.63) is 28.8 Å². The third-order valence-corrected chi connectivity index (χ3v) is 5.32. The summed E-state index contributed by atoms with van der Waals surface area (Å²) >= 11 is 8.09. The maximum absolute atomic E-state index is 6.15. The lowest BCUT2D eigenvalue weighted by Gasteiger charge is -2.30. The van der Waals surface area contributed by atoms with Gasteiger partial charge in [0.2, 0.25) is 0 Å². The van der Waals surface area contributed by atoms with Crippen LogP contribution < -0.4 is 5.32 Å². The van der Waals surface area contributed by atoms with Crippen LogP contribution in [0.5, 0.6) is 0 Å². The van der Waals surface area contributed by atoms with E-state index >= 15 is 0 Å². The van der Waals surface area contributed by atoms with Gasteiger partial charge in [-0.2, -0.15) is 0 Å². The molecule has 1 heterocycles. The van der Waals surface area contributed by atoms with Gasteiger partial charge in [-0.15, -0.1) is 11.8 Å². The van der Waals surface area contributed by atoms with Gasteiger partial charge in [-0.1, -0.05) is 11.6 Å². The highest BCUT2D eigenvalue weighted by Crippen LogP contribution is 2.40. The summed E-state index contributed by atoms with van der Waals surface area (Å²) in [6, 6.07) is 7.18. The SMILES string of the molecule is COCC(NC1CCSc2ccc(Cl)cc21)C1CC1. The summed E-state index contributed by atoms with van der Waals surface area (Å²) in [7, 11) is 1.79. The number of nitrogens with one attached hydrogen (secondary N) is 1. The van der Waals surface area contributed by atoms with E-state index in [9.17, 15) is 0 Å². The van der Waals surface area contributed by atoms with Crippen molar-refractivity contribution >= 4 is 23.4 Å². The molecule has 0 saturated heterocycles. The van der Waals surface area contributed by atoms with Gasteiger partial charge in [0.05, 0.1) is 6.61 Å². The lowest BCUT2D eigenvalue weighted by Crippen LogP contribution is -2.39. The molecule has 19 heavy (non-hydrogen) atoms. The third-order valence-electron chi connectivity index (χ3n) is 3.96. The number of rotatable bonds is 5. The molecule has 0 radical (unpaired) electrons. The smallest absolute Gasteiger partial charge is 0.0618 e. The normalized spacial score (nSPS) is 24.0. The lowest BCUT2D eigenvalue weighted by atomic mass is 10.0. The highest BCUT2D eigenvalue weighted by Gasteiger charge is 2.33. The summed E-state index contributed by atoms with van der Waals surface area (Å²) in [4.78, 5) is 1.38. The Balaban J connectivity index is 1.76. The van der Waals surface area contributed by atoms with Crippen molar-refractivity contribution in [1.29, 1.82) is 0 Å². The number of hydrogen-bond acceptors (Lipinski definition) is 3. The third kappa shape index (κ3) is 3.27. The topological polar surface area (TPSA) is 21.3 Å². The van der Waals surface area contributed by atoms with Crippen LogP contribution in [0.25, 0.3) is 0 Å². The lowest BCUT2D eigenvalue weighted by molar-refractivity contribution is 0.150. The molecule has 2 unspecified atom stereocenters. The number of hydrogen-bond donors (Lipinski definition) is 1. The number of benzene rings is 1. The Morgan fingerprint density at radius 2 is 2.26 bits per heavy atom. The van der Waals surface area contributed by atoms with Gasteiger partial charge in [-0.3, -0.25) is 0 Å². The first kappa shape index (κ1) is 13.7. The molecule has 104 valence electrons. The Morgan fingerprint density at radius 1 is 1.42 bits per heavy atom. The molecule has 1 fully saturated rings. The monoisotopic (exact) mass is 297 g/mol. The minimum absolute atomic E-state index is 0.427. The van der Waals surface area contributed by atoms with Gasteiger partial charge in [0.15, 0.2) is 0 Å². The van der Waals surface area contributed by atoms with E-state index in [1.54, 1.807) is 7.11 Å². The van der Waals surface area contributed by atoms with Gasteiger partial charge in [-0.25, -0.2) is 0 Å². The molecule has 1 aliphatic heterocycles. The highest BCUT2D eigenvalue weighted by molar-refractivity contribution is 7.99. The predicted molar refractivity (Wildman–Crippen MR) is 81.1 cm³/mol. The fourth-order valence-corrected chi connectivity index (χ4v) is 4.08. The molecule has 1 aromatic carbocycles. The molecule has 0 aromatic heterocycles. The first-order valence-corrected chi connectivity index (χ1v) is 8.31. The summed E-state index contributed by atoms with van der Waals surface area (Å²) in [5.74, 6) is 1.98. The van der Waals surface area contributed by atoms with E-state index in [2.05, 4.69) is 17.4 Å². The number of thioether (sulfide) groups is 1. The van der Waals surface area contributed by atoms with Crippen LogP contribution in [-0.4, -0.2) is 25.5 Å². The second-order valence-corrected chi connectivity index (χ2v) is 7.01. The molecule has 0 bridgehead atoms. The quantitative estimate of drug-likeness (QED) is 0.891. The number of methoxy groups -OCH3 is 1. The Hall–Kier alpha value is -0.220. The van der Waals surface area contributed by atoms with Crippen molar-refractivity contribution in [2.75, 3.05) is 19.5 Å². The van der Waals surface area contributed by atoms with Gasteiger partial charge < -0.3 is 10.1 Å². The first-order valence-electron chi connectivity index (χ1n) is 6.95. The minimum Gasteiger partial charge on any atom is -0.383 e. The van der Waals surface area contributed by atoms with Gasteiger partial charge in [0, 0.05) is 29.1 Å². The Kier molecular flexibility index (Phi) is 4.37. The summed E-state index contributed by atoms with van der Waals surface area (Å²) in [5, 5.41) is 4.64. The Morgan fingerprint density at radius 3 is 3.00 bits per heavy atom. The van der Waals surface area contributed by atoms with Gasteiger partial charge in [0.25, 0.3) is 0 Å². The number of ether oxygens (including phenoxy) is 1. The first-order chi connectivity index (χ1) is 9.28. The molecule has 2 nitrogen and oxygen atoms in total. The van der Waals surface area contributed by atoms with E-state index < -0.39 is 0 Å². The van der Waals surface area contributed by atoms with Crippen LogP contribution in [0.1, 0.15) is 30.9 Å². The summed E-state index contributed by atoms with van der Waals surface area (Å²) in [6.07, 6.45) is 3.85. The van der Waals surface area contributed by atoms with Crippen molar-refractivity contribution in [2.24, 2.45) is 5.92 Å². The Labute approximate surface area is 124 Å². The fourth-order valence-electron chi connectivity index (χ4n) is 2.80. The molecule has 1 N–H and O–H groups in total. The molecule has 1 aromatic rings. The average Bonchev–Trinajstić information content (AvgIpc) is 3.23. The second-order valence-electron chi connectivity index (χ2n) is 5.44. The molecule has 2 aliphatic rings. The minimum atomic E-state index is 0.427. The van der Waals surface area contributed by atoms with Crippen molar-refractivity contribution in [3.63, 3.8) is 0 Å². The maximum Gasteiger partial charge on any atom is 0.0618 e. The number of fused-ring (bicyclic) bond motifs is 1. The largest absolute Gasteiger partial charge is 0.383 e. The number of halogens is 1. The van der Waals surface area contributed by atoms with Crippen LogP contribution >= 0.6 is 23.4 Å². The molecular weight excluding hydrogens is 278 g/mol. The maximum atomic E-state index is 6.15. The van der Waals surface area contributed by atoms with Crippen LogP contribution in [0.15, 0.2) is 23.1 Å². The van der Waals surface area contributed by atoms with Crippen molar-refractivity contribution < 1.29 is 4.74 Å². The van der Waals surface area contributed by atoms with E-state index in [0.717, 1.165) is 17.5 Å². The summed E-state index contributed by atoms with van der Waals surface area (Å²) in [6.45, 7) is 0.810. The Bertz CT molecular complexity index is 450. The summed E-state index contributed by atoms with van der Waals surface area (Å²) in [5.41, 5.74) is 1.37. The second kappa shape index (κ2) is 6.04. The molecule has 0 amide bonds. The van der Waals surface area contributed by atoms with Crippen LogP contribution in [0.4, 0.5) is 0 Å². The molecule has 0 spiro atoms. The fraction of sp³-hybridized carbons (Fsp3) is 0.600. The van der Waals surface area contributed by atoms with Crippen LogP contribution in [-0.2, 0) is 4.74 Å². The molecule has 4 heteroatoms. The van der Waals surface area contributed by atoms with E-state index in [1.165, 1.54) is 35.5 Å². The van der Waals surface area contributed by atoms with Gasteiger partial charge >= 0.3 is 0 Å². The van der Waals surface area contributed by atoms with Crippen molar-refractivity contribution in [2.45, 2.75) is 36.2 Å². The van der Waals surface area contributed by atoms with Gasteiger partial charge in [0.1, 0.15) is 0 Å². The van der Waals surface area contributed by atoms with Crippen LogP contribution in [0.3, 0.4) is 0 Å². The van der Waals surface area contributed by atoms with Crippen LogP contribution in [0, 0.1) is 5.92 Å².